The molecule has 1 aromatic heterocycles. The molecule has 4 heteroatoms. The zero-order valence-corrected chi connectivity index (χ0v) is 10.9. The summed E-state index contributed by atoms with van der Waals surface area (Å²) >= 11 is 0. The van der Waals surface area contributed by atoms with Gasteiger partial charge in [0.05, 0.1) is 13.7 Å². The van der Waals surface area contributed by atoms with E-state index in [4.69, 9.17) is 4.74 Å². The Bertz CT molecular complexity index is 480. The van der Waals surface area contributed by atoms with E-state index in [1.54, 1.807) is 13.3 Å². The summed E-state index contributed by atoms with van der Waals surface area (Å²) in [5, 5.41) is 7.56. The molecule has 0 aliphatic carbocycles. The standard InChI is InChI=1S/C14H19N3O/c1-12-4-5-14(18-2)13(10-12)11-15-7-9-17-8-3-6-16-17/h3-6,8,10,15H,7,9,11H2,1-2H3. The number of hydrogen-bond donors (Lipinski definition) is 1. The second-order valence-corrected chi connectivity index (χ2v) is 4.26. The van der Waals surface area contributed by atoms with E-state index in [9.17, 15) is 0 Å². The van der Waals surface area contributed by atoms with Gasteiger partial charge in [-0.15, -0.1) is 0 Å². The van der Waals surface area contributed by atoms with Gasteiger partial charge in [-0.1, -0.05) is 17.7 Å². The third kappa shape index (κ3) is 3.34. The zero-order chi connectivity index (χ0) is 12.8. The van der Waals surface area contributed by atoms with Crippen molar-refractivity contribution in [1.29, 1.82) is 0 Å². The molecule has 0 amide bonds. The van der Waals surface area contributed by atoms with Gasteiger partial charge in [0, 0.05) is 31.0 Å². The molecule has 0 fully saturated rings. The molecule has 2 aromatic rings. The molecule has 0 spiro atoms. The summed E-state index contributed by atoms with van der Waals surface area (Å²) in [5.41, 5.74) is 2.44. The van der Waals surface area contributed by atoms with Crippen LogP contribution in [0.25, 0.3) is 0 Å². The van der Waals surface area contributed by atoms with Gasteiger partial charge in [-0.25, -0.2) is 0 Å². The Hall–Kier alpha value is -1.81. The fourth-order valence-corrected chi connectivity index (χ4v) is 1.89. The molecule has 4 nitrogen and oxygen atoms in total. The van der Waals surface area contributed by atoms with Crippen LogP contribution in [0, 0.1) is 6.92 Å². The maximum absolute atomic E-state index is 5.35. The molecule has 18 heavy (non-hydrogen) atoms. The van der Waals surface area contributed by atoms with Crippen molar-refractivity contribution in [2.24, 2.45) is 0 Å². The summed E-state index contributed by atoms with van der Waals surface area (Å²) in [7, 11) is 1.71. The van der Waals surface area contributed by atoms with Crippen molar-refractivity contribution in [2.45, 2.75) is 20.0 Å². The number of aromatic nitrogens is 2. The fraction of sp³-hybridized carbons (Fsp3) is 0.357. The number of benzene rings is 1. The molecule has 96 valence electrons. The first-order valence-electron chi connectivity index (χ1n) is 6.11. The topological polar surface area (TPSA) is 39.1 Å². The van der Waals surface area contributed by atoms with Crippen molar-refractivity contribution in [1.82, 2.24) is 15.1 Å². The molecule has 1 N–H and O–H groups in total. The summed E-state index contributed by atoms with van der Waals surface area (Å²) < 4.78 is 7.26. The minimum Gasteiger partial charge on any atom is -0.496 e. The van der Waals surface area contributed by atoms with Crippen LogP contribution in [-0.2, 0) is 13.1 Å². The lowest BCUT2D eigenvalue weighted by Crippen LogP contribution is -2.20. The first-order chi connectivity index (χ1) is 8.79. The van der Waals surface area contributed by atoms with E-state index in [1.165, 1.54) is 11.1 Å². The summed E-state index contributed by atoms with van der Waals surface area (Å²) in [6.45, 7) is 4.67. The van der Waals surface area contributed by atoms with Crippen molar-refractivity contribution >= 4 is 0 Å². The Labute approximate surface area is 108 Å². The highest BCUT2D eigenvalue weighted by Gasteiger charge is 2.02. The third-order valence-electron chi connectivity index (χ3n) is 2.83. The first-order valence-corrected chi connectivity index (χ1v) is 6.11. The fourth-order valence-electron chi connectivity index (χ4n) is 1.89. The molecule has 0 atom stereocenters. The predicted molar refractivity (Wildman–Crippen MR) is 71.7 cm³/mol. The number of nitrogens with zero attached hydrogens (tertiary/aromatic N) is 2. The SMILES string of the molecule is COc1ccc(C)cc1CNCCn1cccn1. The van der Waals surface area contributed by atoms with E-state index in [-0.39, 0.29) is 0 Å². The molecule has 0 saturated heterocycles. The molecule has 2 rings (SSSR count). The predicted octanol–water partition coefficient (Wildman–Crippen LogP) is 1.99. The monoisotopic (exact) mass is 245 g/mol. The molecule has 1 aromatic carbocycles. The highest BCUT2D eigenvalue weighted by molar-refractivity contribution is 5.36. The van der Waals surface area contributed by atoms with Crippen LogP contribution in [0.15, 0.2) is 36.7 Å². The number of methoxy groups -OCH3 is 1. The quantitative estimate of drug-likeness (QED) is 0.791. The van der Waals surface area contributed by atoms with Crippen LogP contribution < -0.4 is 10.1 Å². The van der Waals surface area contributed by atoms with Gasteiger partial charge in [-0.2, -0.15) is 5.10 Å². The van der Waals surface area contributed by atoms with Crippen LogP contribution in [0.1, 0.15) is 11.1 Å². The van der Waals surface area contributed by atoms with Crippen molar-refractivity contribution in [3.63, 3.8) is 0 Å². The smallest absolute Gasteiger partial charge is 0.123 e. The van der Waals surface area contributed by atoms with Gasteiger partial charge in [-0.3, -0.25) is 4.68 Å². The van der Waals surface area contributed by atoms with E-state index in [0.29, 0.717) is 0 Å². The van der Waals surface area contributed by atoms with E-state index in [0.717, 1.165) is 25.4 Å². The average molecular weight is 245 g/mol. The Kier molecular flexibility index (Phi) is 4.36. The maximum Gasteiger partial charge on any atom is 0.123 e. The lowest BCUT2D eigenvalue weighted by Gasteiger charge is -2.10. The van der Waals surface area contributed by atoms with Crippen LogP contribution in [0.3, 0.4) is 0 Å². The van der Waals surface area contributed by atoms with E-state index in [1.807, 2.05) is 23.0 Å². The lowest BCUT2D eigenvalue weighted by atomic mass is 10.1. The van der Waals surface area contributed by atoms with E-state index < -0.39 is 0 Å². The van der Waals surface area contributed by atoms with Gasteiger partial charge in [0.15, 0.2) is 0 Å². The van der Waals surface area contributed by atoms with Gasteiger partial charge < -0.3 is 10.1 Å². The minimum atomic E-state index is 0.812. The van der Waals surface area contributed by atoms with Gasteiger partial charge in [0.2, 0.25) is 0 Å². The van der Waals surface area contributed by atoms with Crippen LogP contribution in [0.4, 0.5) is 0 Å². The Morgan fingerprint density at radius 1 is 1.39 bits per heavy atom. The Morgan fingerprint density at radius 2 is 2.28 bits per heavy atom. The number of aryl methyl sites for hydroxylation is 1. The van der Waals surface area contributed by atoms with Crippen LogP contribution in [0.2, 0.25) is 0 Å². The normalized spacial score (nSPS) is 10.6. The average Bonchev–Trinajstić information content (AvgIpc) is 2.88. The van der Waals surface area contributed by atoms with Gasteiger partial charge in [0.25, 0.3) is 0 Å². The van der Waals surface area contributed by atoms with Crippen molar-refractivity contribution in [2.75, 3.05) is 13.7 Å². The highest BCUT2D eigenvalue weighted by atomic mass is 16.5. The Balaban J connectivity index is 1.84. The molecule has 0 bridgehead atoms. The van der Waals surface area contributed by atoms with Crippen LogP contribution in [0.5, 0.6) is 5.75 Å². The lowest BCUT2D eigenvalue weighted by molar-refractivity contribution is 0.407. The van der Waals surface area contributed by atoms with E-state index >= 15 is 0 Å². The largest absolute Gasteiger partial charge is 0.496 e. The zero-order valence-electron chi connectivity index (χ0n) is 10.9. The molecule has 0 unspecified atom stereocenters. The second kappa shape index (κ2) is 6.21. The molecular formula is C14H19N3O. The first kappa shape index (κ1) is 12.6. The maximum atomic E-state index is 5.35. The molecule has 0 aliphatic rings. The summed E-state index contributed by atoms with van der Waals surface area (Å²) in [6.07, 6.45) is 3.76. The van der Waals surface area contributed by atoms with Crippen LogP contribution in [-0.4, -0.2) is 23.4 Å². The van der Waals surface area contributed by atoms with Crippen LogP contribution >= 0.6 is 0 Å². The summed E-state index contributed by atoms with van der Waals surface area (Å²) in [5.74, 6) is 0.937. The molecular weight excluding hydrogens is 226 g/mol. The second-order valence-electron chi connectivity index (χ2n) is 4.26. The number of rotatable bonds is 6. The van der Waals surface area contributed by atoms with Gasteiger partial charge in [-0.05, 0) is 19.1 Å². The van der Waals surface area contributed by atoms with Crippen molar-refractivity contribution in [3.8, 4) is 5.75 Å². The van der Waals surface area contributed by atoms with Crippen molar-refractivity contribution in [3.05, 3.63) is 47.8 Å². The third-order valence-corrected chi connectivity index (χ3v) is 2.83. The van der Waals surface area contributed by atoms with Crippen molar-refractivity contribution < 1.29 is 4.74 Å². The van der Waals surface area contributed by atoms with E-state index in [2.05, 4.69) is 29.5 Å². The molecule has 0 aliphatic heterocycles. The summed E-state index contributed by atoms with van der Waals surface area (Å²) in [4.78, 5) is 0. The summed E-state index contributed by atoms with van der Waals surface area (Å²) in [6, 6.07) is 8.16. The molecule has 0 saturated carbocycles. The molecule has 0 radical (unpaired) electrons. The Morgan fingerprint density at radius 3 is 3.00 bits per heavy atom. The van der Waals surface area contributed by atoms with Gasteiger partial charge >= 0.3 is 0 Å². The number of ether oxygens (including phenoxy) is 1. The highest BCUT2D eigenvalue weighted by Crippen LogP contribution is 2.19. The number of hydrogen-bond acceptors (Lipinski definition) is 3. The minimum absolute atomic E-state index is 0.812. The van der Waals surface area contributed by atoms with Gasteiger partial charge in [0.1, 0.15) is 5.75 Å². The number of nitrogens with one attached hydrogen (secondary N) is 1. The molecule has 1 heterocycles.